The normalized spacial score (nSPS) is 18.3. The summed E-state index contributed by atoms with van der Waals surface area (Å²) in [6.45, 7) is 6.84. The number of hydrogen-bond donors (Lipinski definition) is 3. The summed E-state index contributed by atoms with van der Waals surface area (Å²) in [6, 6.07) is 7.32. The number of aliphatic imine (C=N–C) groups is 1. The van der Waals surface area contributed by atoms with Gasteiger partial charge in [-0.15, -0.1) is 24.0 Å². The molecule has 0 radical (unpaired) electrons. The number of carbonyl (C=O) groups is 1. The maximum atomic E-state index is 12.6. The van der Waals surface area contributed by atoms with E-state index < -0.39 is 12.7 Å². The van der Waals surface area contributed by atoms with Gasteiger partial charge in [-0.05, 0) is 44.4 Å². The molecule has 176 valence electrons. The third-order valence-electron chi connectivity index (χ3n) is 4.99. The highest BCUT2D eigenvalue weighted by Crippen LogP contribution is 2.20. The van der Waals surface area contributed by atoms with E-state index in [4.69, 9.17) is 0 Å². The van der Waals surface area contributed by atoms with Crippen LogP contribution in [-0.2, 0) is 6.54 Å². The van der Waals surface area contributed by atoms with Crippen LogP contribution in [0.4, 0.5) is 13.2 Å². The second kappa shape index (κ2) is 13.1. The van der Waals surface area contributed by atoms with Crippen molar-refractivity contribution in [3.63, 3.8) is 0 Å². The van der Waals surface area contributed by atoms with Crippen molar-refractivity contribution in [2.24, 2.45) is 4.99 Å². The SMILES string of the molecule is CCNC(=NCc1ccc(C(=O)NC(C)CC)cc1)NC1CCN(CC(F)(F)F)C1.I. The maximum Gasteiger partial charge on any atom is 0.401 e. The number of carbonyl (C=O) groups excluding carboxylic acids is 1. The molecule has 0 aliphatic carbocycles. The van der Waals surface area contributed by atoms with Gasteiger partial charge in [0.25, 0.3) is 5.91 Å². The van der Waals surface area contributed by atoms with E-state index in [1.54, 1.807) is 12.1 Å². The summed E-state index contributed by atoms with van der Waals surface area (Å²) < 4.78 is 37.7. The van der Waals surface area contributed by atoms with Crippen molar-refractivity contribution in [1.29, 1.82) is 0 Å². The zero-order chi connectivity index (χ0) is 22.1. The molecule has 1 aromatic rings. The third kappa shape index (κ3) is 10.1. The summed E-state index contributed by atoms with van der Waals surface area (Å²) in [5.41, 5.74) is 1.54. The van der Waals surface area contributed by atoms with Crippen molar-refractivity contribution >= 4 is 35.8 Å². The van der Waals surface area contributed by atoms with Crippen molar-refractivity contribution in [3.05, 3.63) is 35.4 Å². The first-order valence-electron chi connectivity index (χ1n) is 10.4. The van der Waals surface area contributed by atoms with Crippen LogP contribution in [0.3, 0.4) is 0 Å². The molecule has 0 saturated carbocycles. The van der Waals surface area contributed by atoms with Gasteiger partial charge in [0.2, 0.25) is 0 Å². The average Bonchev–Trinajstić information content (AvgIpc) is 3.11. The molecule has 1 fully saturated rings. The fourth-order valence-electron chi connectivity index (χ4n) is 3.20. The molecule has 31 heavy (non-hydrogen) atoms. The van der Waals surface area contributed by atoms with Crippen molar-refractivity contribution < 1.29 is 18.0 Å². The minimum atomic E-state index is -4.18. The number of likely N-dealkylation sites (tertiary alicyclic amines) is 1. The number of amides is 1. The predicted octanol–water partition coefficient (Wildman–Crippen LogP) is 3.52. The second-order valence-corrected chi connectivity index (χ2v) is 7.66. The zero-order valence-electron chi connectivity index (χ0n) is 18.3. The van der Waals surface area contributed by atoms with E-state index in [9.17, 15) is 18.0 Å². The van der Waals surface area contributed by atoms with E-state index in [1.165, 1.54) is 4.90 Å². The summed E-state index contributed by atoms with van der Waals surface area (Å²) in [7, 11) is 0. The molecule has 1 aliphatic heterocycles. The molecular formula is C21H33F3IN5O. The lowest BCUT2D eigenvalue weighted by atomic mass is 10.1. The van der Waals surface area contributed by atoms with Crippen LogP contribution in [0.5, 0.6) is 0 Å². The van der Waals surface area contributed by atoms with Gasteiger partial charge in [-0.25, -0.2) is 4.99 Å². The van der Waals surface area contributed by atoms with Crippen molar-refractivity contribution in [1.82, 2.24) is 20.9 Å². The van der Waals surface area contributed by atoms with Crippen LogP contribution in [0.2, 0.25) is 0 Å². The summed E-state index contributed by atoms with van der Waals surface area (Å²) in [5.74, 6) is 0.481. The number of alkyl halides is 3. The van der Waals surface area contributed by atoms with Crippen LogP contribution < -0.4 is 16.0 Å². The Balaban J connectivity index is 0.00000480. The van der Waals surface area contributed by atoms with Gasteiger partial charge >= 0.3 is 6.18 Å². The Labute approximate surface area is 199 Å². The van der Waals surface area contributed by atoms with Crippen LogP contribution in [0.15, 0.2) is 29.3 Å². The Morgan fingerprint density at radius 2 is 1.94 bits per heavy atom. The van der Waals surface area contributed by atoms with E-state index in [0.717, 1.165) is 12.0 Å². The van der Waals surface area contributed by atoms with Crippen LogP contribution in [-0.4, -0.2) is 61.2 Å². The predicted molar refractivity (Wildman–Crippen MR) is 128 cm³/mol. The Morgan fingerprint density at radius 3 is 2.52 bits per heavy atom. The number of nitrogens with zero attached hydrogens (tertiary/aromatic N) is 2. The summed E-state index contributed by atoms with van der Waals surface area (Å²) >= 11 is 0. The Bertz CT molecular complexity index is 712. The topological polar surface area (TPSA) is 68.8 Å². The van der Waals surface area contributed by atoms with Crippen LogP contribution in [0.1, 0.15) is 49.5 Å². The van der Waals surface area contributed by atoms with E-state index in [-0.39, 0.29) is 42.0 Å². The molecule has 0 bridgehead atoms. The number of benzene rings is 1. The third-order valence-corrected chi connectivity index (χ3v) is 4.99. The first-order chi connectivity index (χ1) is 14.2. The zero-order valence-corrected chi connectivity index (χ0v) is 20.6. The fourth-order valence-corrected chi connectivity index (χ4v) is 3.20. The minimum Gasteiger partial charge on any atom is -0.357 e. The quantitative estimate of drug-likeness (QED) is 0.261. The van der Waals surface area contributed by atoms with Crippen molar-refractivity contribution in [3.8, 4) is 0 Å². The number of halogens is 4. The lowest BCUT2D eigenvalue weighted by Crippen LogP contribution is -2.45. The van der Waals surface area contributed by atoms with Crippen LogP contribution in [0, 0.1) is 0 Å². The number of hydrogen-bond acceptors (Lipinski definition) is 3. The molecule has 6 nitrogen and oxygen atoms in total. The highest BCUT2D eigenvalue weighted by Gasteiger charge is 2.34. The molecule has 1 saturated heterocycles. The van der Waals surface area contributed by atoms with Gasteiger partial charge in [0.05, 0.1) is 13.1 Å². The van der Waals surface area contributed by atoms with Crippen LogP contribution in [0.25, 0.3) is 0 Å². The van der Waals surface area contributed by atoms with Gasteiger partial charge in [-0.2, -0.15) is 13.2 Å². The largest absolute Gasteiger partial charge is 0.401 e. The van der Waals surface area contributed by atoms with Gasteiger partial charge in [0.1, 0.15) is 0 Å². The highest BCUT2D eigenvalue weighted by molar-refractivity contribution is 14.0. The first-order valence-corrected chi connectivity index (χ1v) is 10.4. The smallest absolute Gasteiger partial charge is 0.357 e. The van der Waals surface area contributed by atoms with E-state index in [2.05, 4.69) is 20.9 Å². The Morgan fingerprint density at radius 1 is 1.26 bits per heavy atom. The Hall–Kier alpha value is -1.56. The van der Waals surface area contributed by atoms with Gasteiger partial charge in [-0.1, -0.05) is 19.1 Å². The van der Waals surface area contributed by atoms with Gasteiger partial charge in [-0.3, -0.25) is 9.69 Å². The summed E-state index contributed by atoms with van der Waals surface area (Å²) in [4.78, 5) is 18.1. The molecule has 0 aromatic heterocycles. The second-order valence-electron chi connectivity index (χ2n) is 7.66. The number of rotatable bonds is 8. The fraction of sp³-hybridized carbons (Fsp3) is 0.619. The monoisotopic (exact) mass is 555 g/mol. The lowest BCUT2D eigenvalue weighted by molar-refractivity contribution is -0.143. The molecule has 1 heterocycles. The summed E-state index contributed by atoms with van der Waals surface area (Å²) in [5, 5.41) is 9.29. The Kier molecular flexibility index (Phi) is 11.6. The van der Waals surface area contributed by atoms with Gasteiger partial charge < -0.3 is 16.0 Å². The van der Waals surface area contributed by atoms with E-state index in [1.807, 2.05) is 32.9 Å². The van der Waals surface area contributed by atoms with E-state index >= 15 is 0 Å². The maximum absolute atomic E-state index is 12.6. The van der Waals surface area contributed by atoms with Crippen LogP contribution >= 0.6 is 24.0 Å². The molecule has 2 unspecified atom stereocenters. The average molecular weight is 555 g/mol. The lowest BCUT2D eigenvalue weighted by Gasteiger charge is -2.19. The van der Waals surface area contributed by atoms with Crippen molar-refractivity contribution in [2.75, 3.05) is 26.2 Å². The van der Waals surface area contributed by atoms with Gasteiger partial charge in [0, 0.05) is 37.3 Å². The molecule has 1 aromatic carbocycles. The highest BCUT2D eigenvalue weighted by atomic mass is 127. The molecule has 3 N–H and O–H groups in total. The number of nitrogens with one attached hydrogen (secondary N) is 3. The summed E-state index contributed by atoms with van der Waals surface area (Å²) in [6.07, 6.45) is -2.67. The van der Waals surface area contributed by atoms with Crippen molar-refractivity contribution in [2.45, 2.75) is 58.4 Å². The van der Waals surface area contributed by atoms with Gasteiger partial charge in [0.15, 0.2) is 5.96 Å². The molecule has 0 spiro atoms. The minimum absolute atomic E-state index is 0. The molecular weight excluding hydrogens is 522 g/mol. The molecule has 2 atom stereocenters. The van der Waals surface area contributed by atoms with E-state index in [0.29, 0.717) is 44.1 Å². The molecule has 1 aliphatic rings. The first kappa shape index (κ1) is 27.5. The standard InChI is InChI=1S/C21H32F3N5O.HI/c1-4-15(3)27-19(30)17-8-6-16(7-9-17)12-26-20(25-5-2)28-18-10-11-29(13-18)14-21(22,23)24;/h6-9,15,18H,4-5,10-14H2,1-3H3,(H,27,30)(H2,25,26,28);1H. The molecule has 1 amide bonds. The molecule has 10 heteroatoms. The molecule has 2 rings (SSSR count). The number of guanidine groups is 1.